The average molecular weight is 419 g/mol. The quantitative estimate of drug-likeness (QED) is 0.708. The molecule has 0 aromatic rings. The number of ether oxygens (including phenoxy) is 1. The molecule has 0 N–H and O–H groups in total. The fourth-order valence-corrected chi connectivity index (χ4v) is 5.28. The number of halogens is 3. The van der Waals surface area contributed by atoms with Gasteiger partial charge in [-0.25, -0.2) is 13.2 Å². The second-order valence-electron chi connectivity index (χ2n) is 9.01. The van der Waals surface area contributed by atoms with Crippen LogP contribution in [0.1, 0.15) is 52.4 Å². The fraction of sp³-hybridized carbons (Fsp3) is 0.905. The summed E-state index contributed by atoms with van der Waals surface area (Å²) in [4.78, 5) is 29.2. The molecule has 8 heteroatoms. The molecule has 1 saturated heterocycles. The molecule has 6 unspecified atom stereocenters. The van der Waals surface area contributed by atoms with Crippen LogP contribution in [-0.2, 0) is 14.3 Å². The number of hydrogen-bond acceptors (Lipinski definition) is 3. The average Bonchev–Trinajstić information content (AvgIpc) is 2.66. The first-order chi connectivity index (χ1) is 13.7. The maximum atomic E-state index is 14.6. The summed E-state index contributed by atoms with van der Waals surface area (Å²) in [5, 5.41) is 0. The number of amides is 2. The van der Waals surface area contributed by atoms with Gasteiger partial charge in [0, 0.05) is 45.1 Å². The topological polar surface area (TPSA) is 49.9 Å². The molecule has 1 aliphatic heterocycles. The van der Waals surface area contributed by atoms with Gasteiger partial charge in [0.25, 0.3) is 0 Å². The van der Waals surface area contributed by atoms with Crippen LogP contribution < -0.4 is 0 Å². The zero-order chi connectivity index (χ0) is 21.3. The molecule has 0 radical (unpaired) electrons. The smallest absolute Gasteiger partial charge is 0.229 e. The summed E-state index contributed by atoms with van der Waals surface area (Å²) in [5.41, 5.74) is 0. The number of hydrogen-bond donors (Lipinski definition) is 0. The van der Waals surface area contributed by atoms with Crippen molar-refractivity contribution in [1.82, 2.24) is 9.80 Å². The zero-order valence-electron chi connectivity index (χ0n) is 17.5. The van der Waals surface area contributed by atoms with Gasteiger partial charge in [-0.2, -0.15) is 0 Å². The van der Waals surface area contributed by atoms with E-state index < -0.39 is 30.4 Å². The van der Waals surface area contributed by atoms with E-state index in [0.717, 1.165) is 0 Å². The number of nitrogens with zero attached hydrogens (tertiary/aromatic N) is 2. The van der Waals surface area contributed by atoms with Gasteiger partial charge < -0.3 is 14.5 Å². The predicted octanol–water partition coefficient (Wildman–Crippen LogP) is 3.06. The van der Waals surface area contributed by atoms with Crippen molar-refractivity contribution in [3.8, 4) is 0 Å². The minimum Gasteiger partial charge on any atom is -0.381 e. The third kappa shape index (κ3) is 4.72. The van der Waals surface area contributed by atoms with Gasteiger partial charge in [-0.05, 0) is 39.5 Å². The van der Waals surface area contributed by atoms with Gasteiger partial charge in [0.05, 0.1) is 17.9 Å². The summed E-state index contributed by atoms with van der Waals surface area (Å²) in [6.07, 6.45) is -2.47. The van der Waals surface area contributed by atoms with Crippen LogP contribution in [0.25, 0.3) is 0 Å². The molecule has 29 heavy (non-hydrogen) atoms. The molecule has 3 rings (SSSR count). The van der Waals surface area contributed by atoms with Crippen LogP contribution in [0, 0.1) is 11.8 Å². The van der Waals surface area contributed by atoms with Crippen molar-refractivity contribution in [3.63, 3.8) is 0 Å². The molecule has 0 aromatic carbocycles. The Balaban J connectivity index is 1.62. The van der Waals surface area contributed by atoms with E-state index in [9.17, 15) is 22.8 Å². The minimum atomic E-state index is -1.46. The highest BCUT2D eigenvalue weighted by Crippen LogP contribution is 2.34. The third-order valence-electron chi connectivity index (χ3n) is 6.89. The van der Waals surface area contributed by atoms with Crippen LogP contribution in [0.3, 0.4) is 0 Å². The Hall–Kier alpha value is -1.31. The molecule has 166 valence electrons. The van der Waals surface area contributed by atoms with Crippen molar-refractivity contribution in [2.75, 3.05) is 20.2 Å². The maximum Gasteiger partial charge on any atom is 0.229 e. The molecule has 2 aliphatic carbocycles. The molecular formula is C21H33F3N2O3. The maximum absolute atomic E-state index is 14.6. The molecule has 3 fully saturated rings. The SMILES string of the molecule is COC1CCC(C(=O)N2[C@H](C)CN(C(=O)C3CCC(F)CC3F)C[C@H]2C)C(F)C1. The molecule has 8 atom stereocenters. The van der Waals surface area contributed by atoms with E-state index in [1.165, 1.54) is 0 Å². The third-order valence-corrected chi connectivity index (χ3v) is 6.89. The molecule has 3 aliphatic rings. The Kier molecular flexibility index (Phi) is 7.12. The summed E-state index contributed by atoms with van der Waals surface area (Å²) in [5.74, 6) is -1.98. The minimum absolute atomic E-state index is 0.147. The number of methoxy groups -OCH3 is 1. The van der Waals surface area contributed by atoms with Gasteiger partial charge in [0.15, 0.2) is 0 Å². The Morgan fingerprint density at radius 1 is 0.828 bits per heavy atom. The van der Waals surface area contributed by atoms with E-state index in [1.807, 2.05) is 13.8 Å². The lowest BCUT2D eigenvalue weighted by Gasteiger charge is -2.47. The van der Waals surface area contributed by atoms with Crippen molar-refractivity contribution in [3.05, 3.63) is 0 Å². The van der Waals surface area contributed by atoms with Crippen LogP contribution in [0.4, 0.5) is 13.2 Å². The van der Waals surface area contributed by atoms with Crippen molar-refractivity contribution >= 4 is 11.8 Å². The van der Waals surface area contributed by atoms with Crippen LogP contribution >= 0.6 is 0 Å². The van der Waals surface area contributed by atoms with E-state index in [0.29, 0.717) is 25.9 Å². The molecule has 2 saturated carbocycles. The van der Waals surface area contributed by atoms with Gasteiger partial charge in [0.2, 0.25) is 11.8 Å². The summed E-state index contributed by atoms with van der Waals surface area (Å²) in [7, 11) is 1.56. The van der Waals surface area contributed by atoms with Crippen molar-refractivity contribution in [2.45, 2.75) is 89.1 Å². The zero-order valence-corrected chi connectivity index (χ0v) is 17.5. The molecule has 0 bridgehead atoms. The predicted molar refractivity (Wildman–Crippen MR) is 103 cm³/mol. The normalized spacial score (nSPS) is 41.3. The number of alkyl halides is 3. The standard InChI is InChI=1S/C21H33F3N2O3/c1-12-10-25(20(27)16-6-4-14(22)8-18(16)23)11-13(2)26(12)21(28)17-7-5-15(29-3)9-19(17)24/h12-19H,4-11H2,1-3H3/t12-,13-,14?,15?,16?,17?,18?,19?/m1/s1. The van der Waals surface area contributed by atoms with Gasteiger partial charge in [-0.3, -0.25) is 9.59 Å². The summed E-state index contributed by atoms with van der Waals surface area (Å²) >= 11 is 0. The molecule has 2 amide bonds. The van der Waals surface area contributed by atoms with E-state index in [-0.39, 0.29) is 55.7 Å². The number of carbonyl (C=O) groups is 2. The monoisotopic (exact) mass is 418 g/mol. The second kappa shape index (κ2) is 9.23. The highest BCUT2D eigenvalue weighted by Gasteiger charge is 2.44. The lowest BCUT2D eigenvalue weighted by Crippen LogP contribution is -2.62. The van der Waals surface area contributed by atoms with E-state index in [4.69, 9.17) is 4.74 Å². The van der Waals surface area contributed by atoms with E-state index >= 15 is 0 Å². The van der Waals surface area contributed by atoms with Crippen molar-refractivity contribution < 1.29 is 27.5 Å². The first-order valence-electron chi connectivity index (χ1n) is 10.8. The molecule has 1 heterocycles. The number of piperazine rings is 1. The highest BCUT2D eigenvalue weighted by molar-refractivity contribution is 5.82. The summed E-state index contributed by atoms with van der Waals surface area (Å²) in [6, 6.07) is -0.559. The molecule has 0 spiro atoms. The van der Waals surface area contributed by atoms with Gasteiger partial charge in [-0.15, -0.1) is 0 Å². The first-order valence-corrected chi connectivity index (χ1v) is 10.8. The largest absolute Gasteiger partial charge is 0.381 e. The van der Waals surface area contributed by atoms with Gasteiger partial charge >= 0.3 is 0 Å². The van der Waals surface area contributed by atoms with E-state index in [2.05, 4.69) is 0 Å². The lowest BCUT2D eigenvalue weighted by molar-refractivity contribution is -0.155. The van der Waals surface area contributed by atoms with Crippen molar-refractivity contribution in [2.24, 2.45) is 11.8 Å². The van der Waals surface area contributed by atoms with Gasteiger partial charge in [-0.1, -0.05) is 0 Å². The van der Waals surface area contributed by atoms with Crippen LogP contribution in [-0.4, -0.2) is 78.5 Å². The lowest BCUT2D eigenvalue weighted by atomic mass is 9.83. The van der Waals surface area contributed by atoms with Crippen LogP contribution in [0.5, 0.6) is 0 Å². The Labute approximate surface area is 170 Å². The number of carbonyl (C=O) groups excluding carboxylic acids is 2. The Bertz CT molecular complexity index is 596. The highest BCUT2D eigenvalue weighted by atomic mass is 19.1. The molecule has 5 nitrogen and oxygen atoms in total. The van der Waals surface area contributed by atoms with Crippen LogP contribution in [0.2, 0.25) is 0 Å². The Morgan fingerprint density at radius 3 is 1.93 bits per heavy atom. The fourth-order valence-electron chi connectivity index (χ4n) is 5.28. The molecule has 0 aromatic heterocycles. The van der Waals surface area contributed by atoms with Gasteiger partial charge in [0.1, 0.15) is 18.5 Å². The second-order valence-corrected chi connectivity index (χ2v) is 9.01. The summed E-state index contributed by atoms with van der Waals surface area (Å²) in [6.45, 7) is 4.27. The van der Waals surface area contributed by atoms with Crippen LogP contribution in [0.15, 0.2) is 0 Å². The van der Waals surface area contributed by atoms with E-state index in [1.54, 1.807) is 16.9 Å². The van der Waals surface area contributed by atoms with Crippen molar-refractivity contribution in [1.29, 1.82) is 0 Å². The first kappa shape index (κ1) is 22.4. The number of rotatable bonds is 3. The molecular weight excluding hydrogens is 385 g/mol. The summed E-state index contributed by atoms with van der Waals surface area (Å²) < 4.78 is 47.5. The Morgan fingerprint density at radius 2 is 1.38 bits per heavy atom.